The van der Waals surface area contributed by atoms with Crippen molar-refractivity contribution in [2.75, 3.05) is 0 Å². The first-order valence-electron chi connectivity index (χ1n) is 4.56. The minimum Gasteiger partial charge on any atom is -0.508 e. The quantitative estimate of drug-likeness (QED) is 0.719. The third-order valence-electron chi connectivity index (χ3n) is 2.19. The van der Waals surface area contributed by atoms with E-state index >= 15 is 0 Å². The Morgan fingerprint density at radius 3 is 2.44 bits per heavy atom. The summed E-state index contributed by atoms with van der Waals surface area (Å²) in [6, 6.07) is 5.89. The lowest BCUT2D eigenvalue weighted by Gasteiger charge is -2.20. The largest absolute Gasteiger partial charge is 0.508 e. The van der Waals surface area contributed by atoms with Crippen LogP contribution in [-0.2, 0) is 11.2 Å². The number of hydrogen-bond donors (Lipinski definition) is 3. The van der Waals surface area contributed by atoms with Gasteiger partial charge in [0.05, 0.1) is 6.33 Å². The number of carboxylic acid groups (broad SMARTS) is 1. The van der Waals surface area contributed by atoms with Crippen molar-refractivity contribution < 1.29 is 19.4 Å². The molecule has 86 valence electrons. The van der Waals surface area contributed by atoms with Crippen LogP contribution < -0.4 is 5.73 Å². The van der Waals surface area contributed by atoms with Crippen molar-refractivity contribution >= 4 is 5.97 Å². The predicted octanol–water partition coefficient (Wildman–Crippen LogP) is 1.20. The number of aromatic hydroxyl groups is 1. The third-order valence-corrected chi connectivity index (χ3v) is 2.19. The molecule has 1 aromatic carbocycles. The topological polar surface area (TPSA) is 83.5 Å². The predicted molar refractivity (Wildman–Crippen MR) is 56.6 cm³/mol. The van der Waals surface area contributed by atoms with Gasteiger partial charge in [0.1, 0.15) is 11.3 Å². The van der Waals surface area contributed by atoms with Crippen LogP contribution in [0.15, 0.2) is 36.7 Å². The van der Waals surface area contributed by atoms with Gasteiger partial charge in [-0.25, -0.2) is 9.18 Å². The SMILES string of the molecule is NC(/C=C/F)(Cc1ccc(O)cc1)C(=O)O. The van der Waals surface area contributed by atoms with Gasteiger partial charge >= 0.3 is 5.97 Å². The van der Waals surface area contributed by atoms with Crippen LogP contribution in [-0.4, -0.2) is 21.7 Å². The molecule has 1 unspecified atom stereocenters. The minimum atomic E-state index is -1.77. The molecule has 0 saturated carbocycles. The summed E-state index contributed by atoms with van der Waals surface area (Å²) in [5.41, 5.74) is 4.36. The number of aliphatic carboxylic acids is 1. The molecular formula is C11H12FNO3. The van der Waals surface area contributed by atoms with Gasteiger partial charge in [0.2, 0.25) is 0 Å². The summed E-state index contributed by atoms with van der Waals surface area (Å²) in [6.45, 7) is 0. The van der Waals surface area contributed by atoms with E-state index in [1.165, 1.54) is 24.3 Å². The van der Waals surface area contributed by atoms with Gasteiger partial charge in [-0.3, -0.25) is 0 Å². The van der Waals surface area contributed by atoms with E-state index in [1.807, 2.05) is 0 Å². The summed E-state index contributed by atoms with van der Waals surface area (Å²) in [6.07, 6.45) is 0.861. The molecule has 0 bridgehead atoms. The molecule has 0 fully saturated rings. The van der Waals surface area contributed by atoms with Crippen LogP contribution in [0, 0.1) is 0 Å². The zero-order valence-electron chi connectivity index (χ0n) is 8.43. The Balaban J connectivity index is 2.92. The second kappa shape index (κ2) is 4.76. The first-order valence-corrected chi connectivity index (χ1v) is 4.56. The van der Waals surface area contributed by atoms with Gasteiger partial charge in [-0.2, -0.15) is 0 Å². The lowest BCUT2D eigenvalue weighted by atomic mass is 9.92. The van der Waals surface area contributed by atoms with Crippen molar-refractivity contribution in [1.82, 2.24) is 0 Å². The van der Waals surface area contributed by atoms with Gasteiger partial charge in [0.15, 0.2) is 0 Å². The lowest BCUT2D eigenvalue weighted by Crippen LogP contribution is -2.48. The highest BCUT2D eigenvalue weighted by Gasteiger charge is 2.31. The molecule has 1 aromatic rings. The highest BCUT2D eigenvalue weighted by molar-refractivity contribution is 5.81. The fourth-order valence-corrected chi connectivity index (χ4v) is 1.27. The van der Waals surface area contributed by atoms with E-state index < -0.39 is 11.5 Å². The van der Waals surface area contributed by atoms with Crippen molar-refractivity contribution in [2.45, 2.75) is 12.0 Å². The van der Waals surface area contributed by atoms with Gasteiger partial charge in [-0.15, -0.1) is 0 Å². The summed E-state index contributed by atoms with van der Waals surface area (Å²) in [7, 11) is 0. The van der Waals surface area contributed by atoms with E-state index in [9.17, 15) is 9.18 Å². The van der Waals surface area contributed by atoms with Crippen LogP contribution in [0.25, 0.3) is 0 Å². The molecule has 4 nitrogen and oxygen atoms in total. The fourth-order valence-electron chi connectivity index (χ4n) is 1.27. The normalized spacial score (nSPS) is 14.9. The van der Waals surface area contributed by atoms with E-state index in [1.54, 1.807) is 0 Å². The molecule has 16 heavy (non-hydrogen) atoms. The van der Waals surface area contributed by atoms with Crippen LogP contribution in [0.5, 0.6) is 5.75 Å². The minimum absolute atomic E-state index is 0.0525. The standard InChI is InChI=1S/C11H12FNO3/c12-6-5-11(13,10(15)16)7-8-1-3-9(14)4-2-8/h1-6,14H,7,13H2,(H,15,16)/b6-5+. The molecule has 0 aliphatic heterocycles. The monoisotopic (exact) mass is 225 g/mol. The van der Waals surface area contributed by atoms with E-state index in [4.69, 9.17) is 15.9 Å². The van der Waals surface area contributed by atoms with Crippen molar-refractivity contribution in [2.24, 2.45) is 5.73 Å². The molecule has 1 atom stereocenters. The van der Waals surface area contributed by atoms with Gasteiger partial charge in [-0.1, -0.05) is 12.1 Å². The summed E-state index contributed by atoms with van der Waals surface area (Å²) >= 11 is 0. The van der Waals surface area contributed by atoms with Crippen LogP contribution in [0.4, 0.5) is 4.39 Å². The number of carbonyl (C=O) groups is 1. The van der Waals surface area contributed by atoms with Gasteiger partial charge < -0.3 is 15.9 Å². The maximum absolute atomic E-state index is 12.1. The van der Waals surface area contributed by atoms with Crippen LogP contribution in [0.3, 0.4) is 0 Å². The maximum atomic E-state index is 12.1. The van der Waals surface area contributed by atoms with E-state index in [-0.39, 0.29) is 18.5 Å². The lowest BCUT2D eigenvalue weighted by molar-refractivity contribution is -0.141. The van der Waals surface area contributed by atoms with E-state index in [0.29, 0.717) is 5.56 Å². The number of carboxylic acids is 1. The third kappa shape index (κ3) is 2.80. The molecule has 0 aliphatic carbocycles. The number of hydrogen-bond acceptors (Lipinski definition) is 3. The molecule has 0 spiro atoms. The Labute approximate surface area is 91.8 Å². The number of benzene rings is 1. The number of phenolic OH excluding ortho intramolecular Hbond substituents is 1. The van der Waals surface area contributed by atoms with Crippen LogP contribution >= 0.6 is 0 Å². The Kier molecular flexibility index (Phi) is 3.63. The summed E-state index contributed by atoms with van der Waals surface area (Å²) < 4.78 is 12.1. The zero-order chi connectivity index (χ0) is 12.2. The number of halogens is 1. The van der Waals surface area contributed by atoms with Gasteiger partial charge in [-0.05, 0) is 23.8 Å². The summed E-state index contributed by atoms with van der Waals surface area (Å²) in [5.74, 6) is -1.24. The fraction of sp³-hybridized carbons (Fsp3) is 0.182. The molecule has 1 rings (SSSR count). The first kappa shape index (κ1) is 12.2. The molecule has 4 N–H and O–H groups in total. The number of rotatable bonds is 4. The molecule has 0 amide bonds. The summed E-state index contributed by atoms with van der Waals surface area (Å²) in [5, 5.41) is 17.9. The summed E-state index contributed by atoms with van der Waals surface area (Å²) in [4.78, 5) is 10.9. The Morgan fingerprint density at radius 1 is 1.44 bits per heavy atom. The van der Waals surface area contributed by atoms with Gasteiger partial charge in [0.25, 0.3) is 0 Å². The molecule has 0 heterocycles. The van der Waals surface area contributed by atoms with Crippen molar-refractivity contribution in [3.8, 4) is 5.75 Å². The second-order valence-electron chi connectivity index (χ2n) is 3.48. The average molecular weight is 225 g/mol. The molecular weight excluding hydrogens is 213 g/mol. The second-order valence-corrected chi connectivity index (χ2v) is 3.48. The first-order chi connectivity index (χ1) is 7.48. The Morgan fingerprint density at radius 2 is 2.00 bits per heavy atom. The van der Waals surface area contributed by atoms with E-state index in [2.05, 4.69) is 0 Å². The van der Waals surface area contributed by atoms with Crippen LogP contribution in [0.1, 0.15) is 5.56 Å². The zero-order valence-corrected chi connectivity index (χ0v) is 8.43. The molecule has 0 radical (unpaired) electrons. The number of phenols is 1. The highest BCUT2D eigenvalue weighted by Crippen LogP contribution is 2.16. The molecule has 0 saturated heterocycles. The molecule has 5 heteroatoms. The Hall–Kier alpha value is -1.88. The Bertz CT molecular complexity index is 402. The molecule has 0 aliphatic rings. The van der Waals surface area contributed by atoms with E-state index in [0.717, 1.165) is 6.08 Å². The number of nitrogens with two attached hydrogens (primary N) is 1. The molecule has 0 aromatic heterocycles. The highest BCUT2D eigenvalue weighted by atomic mass is 19.1. The maximum Gasteiger partial charge on any atom is 0.328 e. The van der Waals surface area contributed by atoms with Crippen LogP contribution in [0.2, 0.25) is 0 Å². The smallest absolute Gasteiger partial charge is 0.328 e. The van der Waals surface area contributed by atoms with Crippen molar-refractivity contribution in [3.63, 3.8) is 0 Å². The average Bonchev–Trinajstić information content (AvgIpc) is 2.22. The van der Waals surface area contributed by atoms with Crippen molar-refractivity contribution in [1.29, 1.82) is 0 Å². The van der Waals surface area contributed by atoms with Gasteiger partial charge in [0, 0.05) is 6.42 Å². The van der Waals surface area contributed by atoms with Crippen molar-refractivity contribution in [3.05, 3.63) is 42.2 Å².